The van der Waals surface area contributed by atoms with Crippen molar-refractivity contribution in [3.63, 3.8) is 0 Å². The third kappa shape index (κ3) is 4.92. The summed E-state index contributed by atoms with van der Waals surface area (Å²) in [5.41, 5.74) is 0.518. The molecule has 2 aliphatic heterocycles. The molecule has 0 spiro atoms. The monoisotopic (exact) mass is 332 g/mol. The number of nitrogens with one attached hydrogen (secondary N) is 1. The molecule has 0 saturated carbocycles. The van der Waals surface area contributed by atoms with Crippen LogP contribution in [0.25, 0.3) is 0 Å². The summed E-state index contributed by atoms with van der Waals surface area (Å²) < 4.78 is 5.34. The molecule has 0 aliphatic carbocycles. The standard InChI is InChI=1S/C18H28N4O2/c23-18(19-8-5-9-21-12-14-24-15-13-21)16-6-4-7-17(20-16)22-10-2-1-3-11-22/h4,6-7H,1-3,5,8-15H2,(H,19,23). The highest BCUT2D eigenvalue weighted by molar-refractivity contribution is 5.92. The Bertz CT molecular complexity index is 526. The molecule has 0 bridgehead atoms. The van der Waals surface area contributed by atoms with Crippen LogP contribution in [-0.2, 0) is 4.74 Å². The van der Waals surface area contributed by atoms with Crippen LogP contribution in [0.3, 0.4) is 0 Å². The zero-order chi connectivity index (χ0) is 16.6. The molecular formula is C18H28N4O2. The van der Waals surface area contributed by atoms with Crippen LogP contribution in [-0.4, -0.2) is 68.3 Å². The summed E-state index contributed by atoms with van der Waals surface area (Å²) in [7, 11) is 0. The molecular weight excluding hydrogens is 304 g/mol. The molecule has 0 unspecified atom stereocenters. The lowest BCUT2D eigenvalue weighted by molar-refractivity contribution is 0.0374. The fraction of sp³-hybridized carbons (Fsp3) is 0.667. The van der Waals surface area contributed by atoms with Crippen LogP contribution in [0.4, 0.5) is 5.82 Å². The van der Waals surface area contributed by atoms with Crippen molar-refractivity contribution in [3.8, 4) is 0 Å². The van der Waals surface area contributed by atoms with E-state index in [1.807, 2.05) is 12.1 Å². The van der Waals surface area contributed by atoms with E-state index in [4.69, 9.17) is 4.74 Å². The number of aromatic nitrogens is 1. The average Bonchev–Trinajstić information content (AvgIpc) is 2.67. The molecule has 0 aromatic carbocycles. The van der Waals surface area contributed by atoms with Gasteiger partial charge in [-0.15, -0.1) is 0 Å². The van der Waals surface area contributed by atoms with E-state index in [0.29, 0.717) is 12.2 Å². The van der Waals surface area contributed by atoms with Crippen molar-refractivity contribution < 1.29 is 9.53 Å². The first kappa shape index (κ1) is 17.2. The molecule has 2 saturated heterocycles. The summed E-state index contributed by atoms with van der Waals surface area (Å²) in [4.78, 5) is 21.5. The summed E-state index contributed by atoms with van der Waals surface area (Å²) >= 11 is 0. The van der Waals surface area contributed by atoms with Crippen LogP contribution in [0.1, 0.15) is 36.2 Å². The van der Waals surface area contributed by atoms with Gasteiger partial charge in [0.2, 0.25) is 0 Å². The number of nitrogens with zero attached hydrogens (tertiary/aromatic N) is 3. The van der Waals surface area contributed by atoms with Crippen molar-refractivity contribution in [2.45, 2.75) is 25.7 Å². The molecule has 2 aliphatic rings. The molecule has 3 rings (SSSR count). The Hall–Kier alpha value is -1.66. The minimum absolute atomic E-state index is 0.0733. The van der Waals surface area contributed by atoms with Crippen LogP contribution in [0.2, 0.25) is 0 Å². The second-order valence-electron chi connectivity index (χ2n) is 6.49. The first-order valence-electron chi connectivity index (χ1n) is 9.13. The lowest BCUT2D eigenvalue weighted by atomic mass is 10.1. The van der Waals surface area contributed by atoms with Gasteiger partial charge < -0.3 is 15.0 Å². The summed E-state index contributed by atoms with van der Waals surface area (Å²) in [5, 5.41) is 2.99. The van der Waals surface area contributed by atoms with Gasteiger partial charge in [-0.05, 0) is 44.4 Å². The number of rotatable bonds is 6. The molecule has 1 aromatic heterocycles. The second-order valence-corrected chi connectivity index (χ2v) is 6.49. The SMILES string of the molecule is O=C(NCCCN1CCOCC1)c1cccc(N2CCCCC2)n1. The van der Waals surface area contributed by atoms with Crippen LogP contribution in [0, 0.1) is 0 Å². The first-order chi connectivity index (χ1) is 11.8. The number of hydrogen-bond donors (Lipinski definition) is 1. The highest BCUT2D eigenvalue weighted by Gasteiger charge is 2.15. The van der Waals surface area contributed by atoms with E-state index in [2.05, 4.69) is 20.1 Å². The topological polar surface area (TPSA) is 57.7 Å². The fourth-order valence-electron chi connectivity index (χ4n) is 3.27. The van der Waals surface area contributed by atoms with Gasteiger partial charge in [-0.2, -0.15) is 0 Å². The largest absolute Gasteiger partial charge is 0.379 e. The third-order valence-corrected chi connectivity index (χ3v) is 4.69. The maximum absolute atomic E-state index is 12.3. The Morgan fingerprint density at radius 1 is 1.12 bits per heavy atom. The molecule has 24 heavy (non-hydrogen) atoms. The molecule has 0 radical (unpaired) electrons. The predicted molar refractivity (Wildman–Crippen MR) is 94.5 cm³/mol. The van der Waals surface area contributed by atoms with E-state index in [1.54, 1.807) is 6.07 Å². The molecule has 1 N–H and O–H groups in total. The number of carbonyl (C=O) groups is 1. The Kier molecular flexibility index (Phi) is 6.43. The van der Waals surface area contributed by atoms with Crippen molar-refractivity contribution >= 4 is 11.7 Å². The highest BCUT2D eigenvalue weighted by Crippen LogP contribution is 2.17. The Morgan fingerprint density at radius 3 is 2.71 bits per heavy atom. The number of carbonyl (C=O) groups excluding carboxylic acids is 1. The number of morpholine rings is 1. The van der Waals surface area contributed by atoms with Crippen LogP contribution >= 0.6 is 0 Å². The molecule has 132 valence electrons. The van der Waals surface area contributed by atoms with E-state index in [9.17, 15) is 4.79 Å². The molecule has 1 aromatic rings. The fourth-order valence-corrected chi connectivity index (χ4v) is 3.27. The third-order valence-electron chi connectivity index (χ3n) is 4.69. The number of ether oxygens (including phenoxy) is 1. The molecule has 6 nitrogen and oxygen atoms in total. The van der Waals surface area contributed by atoms with Crippen molar-refractivity contribution in [1.82, 2.24) is 15.2 Å². The maximum Gasteiger partial charge on any atom is 0.269 e. The Balaban J connectivity index is 1.44. The lowest BCUT2D eigenvalue weighted by Gasteiger charge is -2.27. The van der Waals surface area contributed by atoms with Crippen LogP contribution in [0.5, 0.6) is 0 Å². The Morgan fingerprint density at radius 2 is 1.92 bits per heavy atom. The first-order valence-corrected chi connectivity index (χ1v) is 9.13. The molecule has 6 heteroatoms. The molecule has 3 heterocycles. The van der Waals surface area contributed by atoms with E-state index in [0.717, 1.165) is 58.2 Å². The van der Waals surface area contributed by atoms with Gasteiger partial charge in [0.15, 0.2) is 0 Å². The average molecular weight is 332 g/mol. The van der Waals surface area contributed by atoms with Gasteiger partial charge in [0.1, 0.15) is 11.5 Å². The van der Waals surface area contributed by atoms with Crippen molar-refractivity contribution in [2.75, 3.05) is 57.4 Å². The van der Waals surface area contributed by atoms with Gasteiger partial charge in [-0.25, -0.2) is 4.98 Å². The van der Waals surface area contributed by atoms with Crippen LogP contribution < -0.4 is 10.2 Å². The van der Waals surface area contributed by atoms with E-state index < -0.39 is 0 Å². The predicted octanol–water partition coefficient (Wildman–Crippen LogP) is 1.52. The van der Waals surface area contributed by atoms with E-state index in [1.165, 1.54) is 19.3 Å². The van der Waals surface area contributed by atoms with E-state index in [-0.39, 0.29) is 5.91 Å². The van der Waals surface area contributed by atoms with Gasteiger partial charge in [0, 0.05) is 32.7 Å². The normalized spacial score (nSPS) is 19.2. The number of amides is 1. The summed E-state index contributed by atoms with van der Waals surface area (Å²) in [6.45, 7) is 7.39. The molecule has 1 amide bonds. The van der Waals surface area contributed by atoms with Gasteiger partial charge in [0.25, 0.3) is 5.91 Å². The summed E-state index contributed by atoms with van der Waals surface area (Å²) in [6, 6.07) is 5.73. The lowest BCUT2D eigenvalue weighted by Crippen LogP contribution is -2.38. The minimum Gasteiger partial charge on any atom is -0.379 e. The smallest absolute Gasteiger partial charge is 0.269 e. The maximum atomic E-state index is 12.3. The molecule has 0 atom stereocenters. The highest BCUT2D eigenvalue weighted by atomic mass is 16.5. The van der Waals surface area contributed by atoms with Gasteiger partial charge >= 0.3 is 0 Å². The summed E-state index contributed by atoms with van der Waals surface area (Å²) in [6.07, 6.45) is 4.66. The van der Waals surface area contributed by atoms with Crippen molar-refractivity contribution in [1.29, 1.82) is 0 Å². The quantitative estimate of drug-likeness (QED) is 0.801. The van der Waals surface area contributed by atoms with Gasteiger partial charge in [-0.3, -0.25) is 9.69 Å². The zero-order valence-electron chi connectivity index (χ0n) is 14.4. The van der Waals surface area contributed by atoms with E-state index >= 15 is 0 Å². The Labute approximate surface area is 144 Å². The summed E-state index contributed by atoms with van der Waals surface area (Å²) in [5.74, 6) is 0.853. The number of hydrogen-bond acceptors (Lipinski definition) is 5. The van der Waals surface area contributed by atoms with Gasteiger partial charge in [0.05, 0.1) is 13.2 Å². The number of piperidine rings is 1. The van der Waals surface area contributed by atoms with Crippen molar-refractivity contribution in [3.05, 3.63) is 23.9 Å². The molecule has 2 fully saturated rings. The number of anilines is 1. The van der Waals surface area contributed by atoms with Crippen molar-refractivity contribution in [2.24, 2.45) is 0 Å². The minimum atomic E-state index is -0.0733. The zero-order valence-corrected chi connectivity index (χ0v) is 14.4. The second kappa shape index (κ2) is 8.99. The van der Waals surface area contributed by atoms with Crippen LogP contribution in [0.15, 0.2) is 18.2 Å². The number of pyridine rings is 1. The van der Waals surface area contributed by atoms with Gasteiger partial charge in [-0.1, -0.05) is 6.07 Å².